The van der Waals surface area contributed by atoms with Crippen molar-refractivity contribution in [2.75, 3.05) is 24.7 Å². The van der Waals surface area contributed by atoms with Crippen LogP contribution in [-0.4, -0.2) is 41.9 Å². The SMILES string of the molecule is CCN(c1ccc(C#N)nc1)C1COCC1C(=O)O. The first kappa shape index (κ1) is 13.3. The standard InChI is InChI=1S/C13H15N3O3/c1-2-16(10-4-3-9(5-14)15-6-10)12-8-19-7-11(12)13(17)18/h3-4,6,11-12H,2,7-8H2,1H3,(H,17,18). The zero-order chi connectivity index (χ0) is 13.8. The number of rotatable bonds is 4. The van der Waals surface area contributed by atoms with Gasteiger partial charge >= 0.3 is 5.97 Å². The minimum Gasteiger partial charge on any atom is -0.481 e. The van der Waals surface area contributed by atoms with Gasteiger partial charge in [0.2, 0.25) is 0 Å². The van der Waals surface area contributed by atoms with Gasteiger partial charge in [0.25, 0.3) is 0 Å². The average Bonchev–Trinajstić information content (AvgIpc) is 2.90. The van der Waals surface area contributed by atoms with E-state index < -0.39 is 11.9 Å². The van der Waals surface area contributed by atoms with Crippen molar-refractivity contribution in [3.63, 3.8) is 0 Å². The molecule has 2 atom stereocenters. The van der Waals surface area contributed by atoms with E-state index >= 15 is 0 Å². The predicted octanol–water partition coefficient (Wildman–Crippen LogP) is 0.879. The van der Waals surface area contributed by atoms with Crippen molar-refractivity contribution in [1.82, 2.24) is 4.98 Å². The number of nitrogens with zero attached hydrogens (tertiary/aromatic N) is 3. The van der Waals surface area contributed by atoms with Crippen LogP contribution >= 0.6 is 0 Å². The number of anilines is 1. The maximum atomic E-state index is 11.2. The highest BCUT2D eigenvalue weighted by atomic mass is 16.5. The summed E-state index contributed by atoms with van der Waals surface area (Å²) in [6.07, 6.45) is 1.60. The molecule has 2 rings (SSSR count). The normalized spacial score (nSPS) is 21.9. The van der Waals surface area contributed by atoms with E-state index in [1.807, 2.05) is 17.9 Å². The first-order valence-corrected chi connectivity index (χ1v) is 6.10. The van der Waals surface area contributed by atoms with Crippen LogP contribution in [-0.2, 0) is 9.53 Å². The molecule has 1 aromatic heterocycles. The van der Waals surface area contributed by atoms with Crippen LogP contribution in [0.3, 0.4) is 0 Å². The molecule has 1 fully saturated rings. The highest BCUT2D eigenvalue weighted by molar-refractivity contribution is 5.72. The zero-order valence-electron chi connectivity index (χ0n) is 10.6. The van der Waals surface area contributed by atoms with Crippen LogP contribution in [0.25, 0.3) is 0 Å². The molecule has 0 bridgehead atoms. The second kappa shape index (κ2) is 5.67. The van der Waals surface area contributed by atoms with Gasteiger partial charge in [0.05, 0.1) is 31.1 Å². The van der Waals surface area contributed by atoms with Crippen LogP contribution < -0.4 is 4.90 Å². The highest BCUT2D eigenvalue weighted by Crippen LogP contribution is 2.25. The predicted molar refractivity (Wildman–Crippen MR) is 67.7 cm³/mol. The first-order chi connectivity index (χ1) is 9.17. The van der Waals surface area contributed by atoms with Crippen molar-refractivity contribution in [3.05, 3.63) is 24.0 Å². The zero-order valence-corrected chi connectivity index (χ0v) is 10.6. The molecule has 19 heavy (non-hydrogen) atoms. The van der Waals surface area contributed by atoms with Crippen molar-refractivity contribution in [2.45, 2.75) is 13.0 Å². The number of carbonyl (C=O) groups is 1. The summed E-state index contributed by atoms with van der Waals surface area (Å²) in [7, 11) is 0. The van der Waals surface area contributed by atoms with Crippen molar-refractivity contribution >= 4 is 11.7 Å². The molecule has 100 valence electrons. The first-order valence-electron chi connectivity index (χ1n) is 6.10. The molecule has 0 saturated carbocycles. The quantitative estimate of drug-likeness (QED) is 0.865. The molecule has 1 aliphatic rings. The third-order valence-electron chi connectivity index (χ3n) is 3.30. The van der Waals surface area contributed by atoms with Gasteiger partial charge in [-0.2, -0.15) is 5.26 Å². The second-order valence-corrected chi connectivity index (χ2v) is 4.35. The van der Waals surface area contributed by atoms with E-state index in [0.717, 1.165) is 5.69 Å². The van der Waals surface area contributed by atoms with Crippen LogP contribution in [0.2, 0.25) is 0 Å². The Balaban J connectivity index is 2.23. The molecule has 1 N–H and O–H groups in total. The van der Waals surface area contributed by atoms with E-state index in [-0.39, 0.29) is 12.6 Å². The largest absolute Gasteiger partial charge is 0.481 e. The van der Waals surface area contributed by atoms with Crippen molar-refractivity contribution in [2.24, 2.45) is 5.92 Å². The lowest BCUT2D eigenvalue weighted by atomic mass is 10.0. The molecular formula is C13H15N3O3. The monoisotopic (exact) mass is 261 g/mol. The number of ether oxygens (including phenoxy) is 1. The number of carboxylic acids is 1. The van der Waals surface area contributed by atoms with Crippen LogP contribution in [0.1, 0.15) is 12.6 Å². The van der Waals surface area contributed by atoms with Gasteiger partial charge in [0, 0.05) is 6.54 Å². The average molecular weight is 261 g/mol. The molecule has 1 saturated heterocycles. The smallest absolute Gasteiger partial charge is 0.311 e. The van der Waals surface area contributed by atoms with E-state index in [1.165, 1.54) is 0 Å². The topological polar surface area (TPSA) is 86.5 Å². The summed E-state index contributed by atoms with van der Waals surface area (Å²) in [5.41, 5.74) is 1.15. The number of carboxylic acid groups (broad SMARTS) is 1. The molecule has 0 aromatic carbocycles. The van der Waals surface area contributed by atoms with Gasteiger partial charge < -0.3 is 14.7 Å². The summed E-state index contributed by atoms with van der Waals surface area (Å²) < 4.78 is 5.28. The molecule has 0 amide bonds. The number of likely N-dealkylation sites (N-methyl/N-ethyl adjacent to an activating group) is 1. The molecule has 6 heteroatoms. The van der Waals surface area contributed by atoms with Crippen LogP contribution in [0, 0.1) is 17.2 Å². The van der Waals surface area contributed by atoms with Crippen molar-refractivity contribution in [3.8, 4) is 6.07 Å². The van der Waals surface area contributed by atoms with Crippen LogP contribution in [0.4, 0.5) is 5.69 Å². The Bertz CT molecular complexity index is 495. The summed E-state index contributed by atoms with van der Waals surface area (Å²) in [6, 6.07) is 5.17. The molecule has 1 aromatic rings. The van der Waals surface area contributed by atoms with Gasteiger partial charge in [-0.3, -0.25) is 4.79 Å². The molecule has 0 aliphatic carbocycles. The van der Waals surface area contributed by atoms with Gasteiger partial charge in [-0.1, -0.05) is 0 Å². The molecule has 0 radical (unpaired) electrons. The lowest BCUT2D eigenvalue weighted by molar-refractivity contribution is -0.141. The number of hydrogen-bond donors (Lipinski definition) is 1. The summed E-state index contributed by atoms with van der Waals surface area (Å²) in [5.74, 6) is -1.38. The van der Waals surface area contributed by atoms with Gasteiger partial charge in [-0.05, 0) is 19.1 Å². The van der Waals surface area contributed by atoms with Gasteiger partial charge in [0.1, 0.15) is 17.7 Å². The summed E-state index contributed by atoms with van der Waals surface area (Å²) in [4.78, 5) is 17.2. The van der Waals surface area contributed by atoms with Crippen LogP contribution in [0.5, 0.6) is 0 Å². The third kappa shape index (κ3) is 2.66. The Morgan fingerprint density at radius 2 is 2.42 bits per heavy atom. The number of pyridine rings is 1. The highest BCUT2D eigenvalue weighted by Gasteiger charge is 2.37. The molecule has 2 heterocycles. The summed E-state index contributed by atoms with van der Waals surface area (Å²) in [5, 5.41) is 17.9. The lowest BCUT2D eigenvalue weighted by Crippen LogP contribution is -2.43. The fourth-order valence-electron chi connectivity index (χ4n) is 2.32. The van der Waals surface area contributed by atoms with Crippen molar-refractivity contribution in [1.29, 1.82) is 5.26 Å². The fourth-order valence-corrected chi connectivity index (χ4v) is 2.32. The number of hydrogen-bond acceptors (Lipinski definition) is 5. The second-order valence-electron chi connectivity index (χ2n) is 4.35. The van der Waals surface area contributed by atoms with Gasteiger partial charge in [0.15, 0.2) is 0 Å². The van der Waals surface area contributed by atoms with E-state index in [0.29, 0.717) is 18.8 Å². The lowest BCUT2D eigenvalue weighted by Gasteiger charge is -2.31. The van der Waals surface area contributed by atoms with E-state index in [1.54, 1.807) is 18.3 Å². The third-order valence-corrected chi connectivity index (χ3v) is 3.30. The minimum absolute atomic E-state index is 0.197. The van der Waals surface area contributed by atoms with E-state index in [4.69, 9.17) is 10.00 Å². The van der Waals surface area contributed by atoms with E-state index in [2.05, 4.69) is 4.98 Å². The number of aromatic nitrogens is 1. The number of nitriles is 1. The van der Waals surface area contributed by atoms with Crippen molar-refractivity contribution < 1.29 is 14.6 Å². The summed E-state index contributed by atoms with van der Waals surface area (Å²) >= 11 is 0. The Kier molecular flexibility index (Phi) is 3.97. The molecular weight excluding hydrogens is 246 g/mol. The van der Waals surface area contributed by atoms with Crippen LogP contribution in [0.15, 0.2) is 18.3 Å². The Hall–Kier alpha value is -2.13. The maximum Gasteiger partial charge on any atom is 0.311 e. The molecule has 6 nitrogen and oxygen atoms in total. The van der Waals surface area contributed by atoms with Gasteiger partial charge in [-0.25, -0.2) is 4.98 Å². The Morgan fingerprint density at radius 1 is 1.63 bits per heavy atom. The fraction of sp³-hybridized carbons (Fsp3) is 0.462. The summed E-state index contributed by atoms with van der Waals surface area (Å²) in [6.45, 7) is 3.24. The minimum atomic E-state index is -0.845. The Labute approximate surface area is 111 Å². The number of aliphatic carboxylic acids is 1. The van der Waals surface area contributed by atoms with E-state index in [9.17, 15) is 9.90 Å². The van der Waals surface area contributed by atoms with Gasteiger partial charge in [-0.15, -0.1) is 0 Å². The molecule has 2 unspecified atom stereocenters. The molecule has 0 spiro atoms. The molecule has 1 aliphatic heterocycles. The maximum absolute atomic E-state index is 11.2. The Morgan fingerprint density at radius 3 is 2.95 bits per heavy atom.